The molecular formula is C15H21NO2. The normalized spacial score (nSPS) is 17.1. The first-order chi connectivity index (χ1) is 8.61. The van der Waals surface area contributed by atoms with Gasteiger partial charge in [0.25, 0.3) is 0 Å². The molecule has 1 aromatic rings. The van der Waals surface area contributed by atoms with Gasteiger partial charge in [0.15, 0.2) is 0 Å². The van der Waals surface area contributed by atoms with Gasteiger partial charge in [0, 0.05) is 6.04 Å². The third kappa shape index (κ3) is 2.72. The number of aryl methyl sites for hydroxylation is 2. The summed E-state index contributed by atoms with van der Waals surface area (Å²) in [6.45, 7) is 3.91. The molecule has 1 aromatic carbocycles. The van der Waals surface area contributed by atoms with E-state index >= 15 is 0 Å². The topological polar surface area (TPSA) is 38.3 Å². The molecule has 1 aliphatic rings. The van der Waals surface area contributed by atoms with E-state index in [0.29, 0.717) is 0 Å². The molecule has 0 amide bonds. The standard InChI is InChI=1S/C15H21NO2/c1-10(16-11(2)15(17)18-3)13-8-7-12-5-4-6-14(12)9-13/h7-11,16H,4-6H2,1-3H3. The maximum Gasteiger partial charge on any atom is 0.322 e. The molecule has 0 bridgehead atoms. The van der Waals surface area contributed by atoms with Crippen molar-refractivity contribution in [2.45, 2.75) is 45.2 Å². The molecule has 0 spiro atoms. The third-order valence-electron chi connectivity index (χ3n) is 3.68. The van der Waals surface area contributed by atoms with Gasteiger partial charge in [0.05, 0.1) is 7.11 Å². The minimum Gasteiger partial charge on any atom is -0.468 e. The fourth-order valence-corrected chi connectivity index (χ4v) is 2.58. The lowest BCUT2D eigenvalue weighted by molar-refractivity contribution is -0.142. The molecule has 1 N–H and O–H groups in total. The number of carbonyl (C=O) groups is 1. The second kappa shape index (κ2) is 5.53. The third-order valence-corrected chi connectivity index (χ3v) is 3.68. The summed E-state index contributed by atoms with van der Waals surface area (Å²) in [5.41, 5.74) is 4.19. The maximum absolute atomic E-state index is 11.4. The van der Waals surface area contributed by atoms with Crippen molar-refractivity contribution < 1.29 is 9.53 Å². The molecule has 0 saturated carbocycles. The molecule has 0 aliphatic heterocycles. The Morgan fingerprint density at radius 2 is 2.00 bits per heavy atom. The largest absolute Gasteiger partial charge is 0.468 e. The molecule has 0 saturated heterocycles. The molecule has 2 unspecified atom stereocenters. The van der Waals surface area contributed by atoms with E-state index in [1.54, 1.807) is 0 Å². The minimum atomic E-state index is -0.279. The average molecular weight is 247 g/mol. The van der Waals surface area contributed by atoms with Crippen molar-refractivity contribution in [2.24, 2.45) is 0 Å². The summed E-state index contributed by atoms with van der Waals surface area (Å²) < 4.78 is 4.72. The number of benzene rings is 1. The lowest BCUT2D eigenvalue weighted by Gasteiger charge is -2.19. The van der Waals surface area contributed by atoms with Crippen molar-refractivity contribution in [3.8, 4) is 0 Å². The Balaban J connectivity index is 2.05. The van der Waals surface area contributed by atoms with Gasteiger partial charge in [-0.15, -0.1) is 0 Å². The van der Waals surface area contributed by atoms with E-state index in [4.69, 9.17) is 4.74 Å². The van der Waals surface area contributed by atoms with E-state index in [1.807, 2.05) is 6.92 Å². The number of nitrogens with one attached hydrogen (secondary N) is 1. The molecule has 2 atom stereocenters. The zero-order valence-corrected chi connectivity index (χ0v) is 11.3. The monoisotopic (exact) mass is 247 g/mol. The Morgan fingerprint density at radius 3 is 2.72 bits per heavy atom. The van der Waals surface area contributed by atoms with Gasteiger partial charge in [0.2, 0.25) is 0 Å². The predicted octanol–water partition coefficient (Wildman–Crippen LogP) is 2.39. The Kier molecular flexibility index (Phi) is 4.02. The summed E-state index contributed by atoms with van der Waals surface area (Å²) in [4.78, 5) is 11.4. The molecule has 3 heteroatoms. The maximum atomic E-state index is 11.4. The Hall–Kier alpha value is -1.35. The van der Waals surface area contributed by atoms with Gasteiger partial charge >= 0.3 is 5.97 Å². The molecule has 0 heterocycles. The van der Waals surface area contributed by atoms with Crippen molar-refractivity contribution in [2.75, 3.05) is 7.11 Å². The zero-order chi connectivity index (χ0) is 13.1. The van der Waals surface area contributed by atoms with Crippen LogP contribution < -0.4 is 5.32 Å². The number of hydrogen-bond donors (Lipinski definition) is 1. The van der Waals surface area contributed by atoms with Crippen LogP contribution in [0.25, 0.3) is 0 Å². The van der Waals surface area contributed by atoms with Gasteiger partial charge in [-0.05, 0) is 49.8 Å². The molecule has 1 aliphatic carbocycles. The SMILES string of the molecule is COC(=O)C(C)NC(C)c1ccc2c(c1)CCC2. The number of fused-ring (bicyclic) bond motifs is 1. The van der Waals surface area contributed by atoms with Crippen LogP contribution in [0.4, 0.5) is 0 Å². The van der Waals surface area contributed by atoms with Crippen LogP contribution in [0.5, 0.6) is 0 Å². The summed E-state index contributed by atoms with van der Waals surface area (Å²) in [6.07, 6.45) is 3.65. The van der Waals surface area contributed by atoms with Crippen LogP contribution in [-0.4, -0.2) is 19.1 Å². The Morgan fingerprint density at radius 1 is 1.28 bits per heavy atom. The van der Waals surface area contributed by atoms with Crippen LogP contribution in [0, 0.1) is 0 Å². The highest BCUT2D eigenvalue weighted by molar-refractivity contribution is 5.75. The van der Waals surface area contributed by atoms with Gasteiger partial charge < -0.3 is 4.74 Å². The minimum absolute atomic E-state index is 0.157. The van der Waals surface area contributed by atoms with E-state index in [2.05, 4.69) is 30.4 Å². The number of ether oxygens (including phenoxy) is 1. The van der Waals surface area contributed by atoms with Gasteiger partial charge in [-0.2, -0.15) is 0 Å². The number of hydrogen-bond acceptors (Lipinski definition) is 3. The first-order valence-electron chi connectivity index (χ1n) is 6.57. The smallest absolute Gasteiger partial charge is 0.322 e. The summed E-state index contributed by atoms with van der Waals surface area (Å²) >= 11 is 0. The lowest BCUT2D eigenvalue weighted by atomic mass is 10.0. The van der Waals surface area contributed by atoms with Crippen LogP contribution in [0.2, 0.25) is 0 Å². The molecule has 3 nitrogen and oxygen atoms in total. The van der Waals surface area contributed by atoms with E-state index in [-0.39, 0.29) is 18.1 Å². The Labute approximate surface area is 109 Å². The molecule has 2 rings (SSSR count). The molecule has 0 fully saturated rings. The lowest BCUT2D eigenvalue weighted by Crippen LogP contribution is -2.36. The van der Waals surface area contributed by atoms with E-state index < -0.39 is 0 Å². The summed E-state index contributed by atoms with van der Waals surface area (Å²) in [7, 11) is 1.42. The van der Waals surface area contributed by atoms with E-state index in [1.165, 1.54) is 43.1 Å². The Bertz CT molecular complexity index is 442. The van der Waals surface area contributed by atoms with Gasteiger partial charge in [-0.1, -0.05) is 18.2 Å². The van der Waals surface area contributed by atoms with E-state index in [9.17, 15) is 4.79 Å². The average Bonchev–Trinajstić information content (AvgIpc) is 2.84. The first-order valence-corrected chi connectivity index (χ1v) is 6.57. The molecular weight excluding hydrogens is 226 g/mol. The van der Waals surface area contributed by atoms with Crippen molar-refractivity contribution in [1.82, 2.24) is 5.32 Å². The van der Waals surface area contributed by atoms with Crippen LogP contribution in [0.3, 0.4) is 0 Å². The number of esters is 1. The van der Waals surface area contributed by atoms with Crippen LogP contribution in [0.1, 0.15) is 43.0 Å². The summed E-state index contributed by atoms with van der Waals surface area (Å²) in [5.74, 6) is -0.219. The number of rotatable bonds is 4. The second-order valence-electron chi connectivity index (χ2n) is 5.01. The highest BCUT2D eigenvalue weighted by atomic mass is 16.5. The van der Waals surface area contributed by atoms with E-state index in [0.717, 1.165) is 0 Å². The highest BCUT2D eigenvalue weighted by Gasteiger charge is 2.18. The quantitative estimate of drug-likeness (QED) is 0.830. The second-order valence-corrected chi connectivity index (χ2v) is 5.01. The van der Waals surface area contributed by atoms with Crippen LogP contribution in [-0.2, 0) is 22.4 Å². The van der Waals surface area contributed by atoms with Crippen LogP contribution in [0.15, 0.2) is 18.2 Å². The number of carbonyl (C=O) groups excluding carboxylic acids is 1. The van der Waals surface area contributed by atoms with Crippen LogP contribution >= 0.6 is 0 Å². The molecule has 98 valence electrons. The fourth-order valence-electron chi connectivity index (χ4n) is 2.58. The highest BCUT2D eigenvalue weighted by Crippen LogP contribution is 2.25. The molecule has 18 heavy (non-hydrogen) atoms. The van der Waals surface area contributed by atoms with Crippen molar-refractivity contribution in [1.29, 1.82) is 0 Å². The number of methoxy groups -OCH3 is 1. The van der Waals surface area contributed by atoms with Gasteiger partial charge in [0.1, 0.15) is 6.04 Å². The fraction of sp³-hybridized carbons (Fsp3) is 0.533. The molecule has 0 aromatic heterocycles. The van der Waals surface area contributed by atoms with Gasteiger partial charge in [-0.25, -0.2) is 0 Å². The predicted molar refractivity (Wildman–Crippen MR) is 71.5 cm³/mol. The van der Waals surface area contributed by atoms with Crippen molar-refractivity contribution >= 4 is 5.97 Å². The van der Waals surface area contributed by atoms with Crippen molar-refractivity contribution in [3.63, 3.8) is 0 Å². The summed E-state index contributed by atoms with van der Waals surface area (Å²) in [5, 5.41) is 3.26. The van der Waals surface area contributed by atoms with Crippen molar-refractivity contribution in [3.05, 3.63) is 34.9 Å². The summed E-state index contributed by atoms with van der Waals surface area (Å²) in [6, 6.07) is 6.53. The zero-order valence-electron chi connectivity index (χ0n) is 11.3. The first kappa shape index (κ1) is 13.1. The van der Waals surface area contributed by atoms with Gasteiger partial charge in [-0.3, -0.25) is 10.1 Å². The molecule has 0 radical (unpaired) electrons.